The number of fused-ring (bicyclic) bond motifs is 1. The maximum absolute atomic E-state index is 9.49. The summed E-state index contributed by atoms with van der Waals surface area (Å²) >= 11 is 0. The molecule has 6 nitrogen and oxygen atoms in total. The third kappa shape index (κ3) is 4.40. The molecule has 27 heavy (non-hydrogen) atoms. The number of ether oxygens (including phenoxy) is 1. The van der Waals surface area contributed by atoms with E-state index in [0.717, 1.165) is 40.1 Å². The Balaban J connectivity index is 1.96. The van der Waals surface area contributed by atoms with E-state index in [1.54, 1.807) is 0 Å². The summed E-state index contributed by atoms with van der Waals surface area (Å²) in [5, 5.41) is 13.0. The van der Waals surface area contributed by atoms with E-state index in [-0.39, 0.29) is 12.7 Å². The van der Waals surface area contributed by atoms with E-state index >= 15 is 0 Å². The summed E-state index contributed by atoms with van der Waals surface area (Å²) in [5.74, 6) is 0.735. The lowest BCUT2D eigenvalue weighted by molar-refractivity contribution is -0.254. The van der Waals surface area contributed by atoms with Crippen molar-refractivity contribution < 1.29 is 15.6 Å². The summed E-state index contributed by atoms with van der Waals surface area (Å²) in [7, 11) is 0. The highest BCUT2D eigenvalue weighted by atomic mass is 16.5. The van der Waals surface area contributed by atoms with Crippen LogP contribution in [0.5, 0.6) is 5.75 Å². The molecule has 144 valence electrons. The van der Waals surface area contributed by atoms with Crippen LogP contribution in [0.3, 0.4) is 0 Å². The molecule has 0 aliphatic rings. The van der Waals surface area contributed by atoms with Crippen molar-refractivity contribution in [1.82, 2.24) is 9.55 Å². The number of aliphatic hydroxyl groups excluding tert-OH is 1. The first-order valence-electron chi connectivity index (χ1n) is 9.44. The van der Waals surface area contributed by atoms with E-state index in [4.69, 9.17) is 4.74 Å². The molecule has 0 aliphatic carbocycles. The van der Waals surface area contributed by atoms with Gasteiger partial charge < -0.3 is 25.5 Å². The number of rotatable bonds is 8. The molecule has 0 saturated carbocycles. The Kier molecular flexibility index (Phi) is 5.98. The fourth-order valence-electron chi connectivity index (χ4n) is 3.10. The highest BCUT2D eigenvalue weighted by molar-refractivity contribution is 5.90. The molecular formula is C21H29N4O2+. The molecule has 0 saturated heterocycles. The summed E-state index contributed by atoms with van der Waals surface area (Å²) in [6, 6.07) is 12.4. The van der Waals surface area contributed by atoms with Gasteiger partial charge in [0.15, 0.2) is 0 Å². The normalized spacial score (nSPS) is 12.5. The number of hydrogen-bond donors (Lipinski definition) is 3. The first kappa shape index (κ1) is 19.2. The summed E-state index contributed by atoms with van der Waals surface area (Å²) in [6.07, 6.45) is 2.40. The quantitative estimate of drug-likeness (QED) is 0.569. The van der Waals surface area contributed by atoms with Gasteiger partial charge in [-0.1, -0.05) is 19.1 Å². The molecule has 0 radical (unpaired) electrons. The van der Waals surface area contributed by atoms with Gasteiger partial charge >= 0.3 is 0 Å². The number of nitrogens with zero attached hydrogens (tertiary/aromatic N) is 2. The van der Waals surface area contributed by atoms with Gasteiger partial charge in [0.1, 0.15) is 23.1 Å². The lowest BCUT2D eigenvalue weighted by Gasteiger charge is -2.17. The monoisotopic (exact) mass is 369 g/mol. The Bertz CT molecular complexity index is 900. The Morgan fingerprint density at radius 3 is 2.74 bits per heavy atom. The summed E-state index contributed by atoms with van der Waals surface area (Å²) in [6.45, 7) is 6.93. The molecule has 0 fully saturated rings. The first-order chi connectivity index (χ1) is 13.0. The van der Waals surface area contributed by atoms with Crippen molar-refractivity contribution in [2.45, 2.75) is 45.9 Å². The van der Waals surface area contributed by atoms with Gasteiger partial charge in [-0.3, -0.25) is 0 Å². The fraction of sp³-hybridized carbons (Fsp3) is 0.381. The van der Waals surface area contributed by atoms with Gasteiger partial charge in [0.2, 0.25) is 0 Å². The van der Waals surface area contributed by atoms with Gasteiger partial charge in [-0.25, -0.2) is 4.98 Å². The van der Waals surface area contributed by atoms with Crippen molar-refractivity contribution in [3.8, 4) is 5.75 Å². The van der Waals surface area contributed by atoms with Crippen LogP contribution in [0.25, 0.3) is 11.0 Å². The van der Waals surface area contributed by atoms with Crippen molar-refractivity contribution in [3.05, 3.63) is 48.3 Å². The highest BCUT2D eigenvalue weighted by Gasteiger charge is 2.14. The molecule has 3 rings (SSSR count). The number of anilines is 1. The van der Waals surface area contributed by atoms with Crippen LogP contribution in [0.1, 0.15) is 38.8 Å². The Morgan fingerprint density at radius 2 is 2.07 bits per heavy atom. The zero-order chi connectivity index (χ0) is 19.4. The molecule has 0 spiro atoms. The van der Waals surface area contributed by atoms with Crippen LogP contribution in [-0.4, -0.2) is 27.4 Å². The minimum atomic E-state index is -0.214. The van der Waals surface area contributed by atoms with E-state index in [1.807, 2.05) is 37.5 Å². The van der Waals surface area contributed by atoms with Gasteiger partial charge in [0.25, 0.3) is 0 Å². The third-order valence-corrected chi connectivity index (χ3v) is 4.65. The Labute approximate surface area is 160 Å². The summed E-state index contributed by atoms with van der Waals surface area (Å²) in [5.41, 5.74) is 8.99. The number of imidazole rings is 1. The van der Waals surface area contributed by atoms with E-state index in [9.17, 15) is 5.11 Å². The predicted molar refractivity (Wildman–Crippen MR) is 108 cm³/mol. The predicted octanol–water partition coefficient (Wildman–Crippen LogP) is 3.25. The topological polar surface area (TPSA) is 86.9 Å². The summed E-state index contributed by atoms with van der Waals surface area (Å²) < 4.78 is 8.12. The zero-order valence-corrected chi connectivity index (χ0v) is 16.3. The van der Waals surface area contributed by atoms with Crippen molar-refractivity contribution >= 4 is 22.4 Å². The smallest absolute Gasteiger partial charge is 0.128 e. The van der Waals surface area contributed by atoms with Crippen LogP contribution in [0.4, 0.5) is 11.4 Å². The maximum Gasteiger partial charge on any atom is 0.128 e. The maximum atomic E-state index is 9.49. The lowest BCUT2D eigenvalue weighted by atomic mass is 10.2. The SMILES string of the molecule is CC[C@H](CO)Oc1cc(NCc2cccc([NH3+])c2)c2ncn(C(C)C)c2c1. The standard InChI is InChI=1S/C21H28N4O2/c1-4-17(12-26)27-18-9-19(23-11-15-6-5-7-16(22)8-15)21-20(10-18)25(13-24-21)14(2)3/h5-10,13-14,17,23,26H,4,11-12,22H2,1-3H3/p+1/t17-/m1/s1. The van der Waals surface area contributed by atoms with Gasteiger partial charge in [-0.2, -0.15) is 0 Å². The van der Waals surface area contributed by atoms with E-state index in [1.165, 1.54) is 0 Å². The molecule has 1 heterocycles. The second-order valence-electron chi connectivity index (χ2n) is 7.09. The van der Waals surface area contributed by atoms with Crippen LogP contribution >= 0.6 is 0 Å². The van der Waals surface area contributed by atoms with Crippen LogP contribution < -0.4 is 15.8 Å². The number of hydrogen-bond acceptors (Lipinski definition) is 4. The molecule has 6 heteroatoms. The van der Waals surface area contributed by atoms with Crippen molar-refractivity contribution in [1.29, 1.82) is 0 Å². The van der Waals surface area contributed by atoms with E-state index in [2.05, 4.69) is 46.6 Å². The second kappa shape index (κ2) is 8.41. The fourth-order valence-corrected chi connectivity index (χ4v) is 3.10. The molecule has 0 bridgehead atoms. The van der Waals surface area contributed by atoms with Crippen LogP contribution in [0.2, 0.25) is 0 Å². The third-order valence-electron chi connectivity index (χ3n) is 4.65. The van der Waals surface area contributed by atoms with Crippen LogP contribution in [0, 0.1) is 0 Å². The molecular weight excluding hydrogens is 340 g/mol. The average Bonchev–Trinajstić information content (AvgIpc) is 3.08. The first-order valence-corrected chi connectivity index (χ1v) is 9.44. The number of nitrogens with one attached hydrogen (secondary N) is 1. The van der Waals surface area contributed by atoms with Crippen molar-refractivity contribution in [2.75, 3.05) is 11.9 Å². The molecule has 0 aliphatic heterocycles. The Hall–Kier alpha value is -2.57. The molecule has 1 aromatic heterocycles. The molecule has 3 aromatic rings. The highest BCUT2D eigenvalue weighted by Crippen LogP contribution is 2.31. The number of aliphatic hydroxyl groups is 1. The minimum Gasteiger partial charge on any atom is -0.488 e. The molecule has 1 atom stereocenters. The van der Waals surface area contributed by atoms with Gasteiger partial charge in [-0.05, 0) is 31.9 Å². The second-order valence-corrected chi connectivity index (χ2v) is 7.09. The number of aromatic nitrogens is 2. The number of quaternary nitrogens is 1. The largest absolute Gasteiger partial charge is 0.488 e. The minimum absolute atomic E-state index is 0.00294. The van der Waals surface area contributed by atoms with Gasteiger partial charge in [0, 0.05) is 30.8 Å². The molecule has 0 unspecified atom stereocenters. The molecule has 5 N–H and O–H groups in total. The average molecular weight is 369 g/mol. The van der Waals surface area contributed by atoms with Gasteiger partial charge in [0.05, 0.1) is 24.1 Å². The van der Waals surface area contributed by atoms with Gasteiger partial charge in [-0.15, -0.1) is 0 Å². The van der Waals surface area contributed by atoms with Crippen molar-refractivity contribution in [3.63, 3.8) is 0 Å². The number of benzene rings is 2. The molecule has 0 amide bonds. The zero-order valence-electron chi connectivity index (χ0n) is 16.3. The molecule has 2 aromatic carbocycles. The van der Waals surface area contributed by atoms with E-state index < -0.39 is 0 Å². The van der Waals surface area contributed by atoms with Crippen molar-refractivity contribution in [2.24, 2.45) is 0 Å². The summed E-state index contributed by atoms with van der Waals surface area (Å²) in [4.78, 5) is 4.61. The van der Waals surface area contributed by atoms with Crippen LogP contribution in [-0.2, 0) is 6.54 Å². The van der Waals surface area contributed by atoms with E-state index in [0.29, 0.717) is 12.6 Å². The van der Waals surface area contributed by atoms with Crippen LogP contribution in [0.15, 0.2) is 42.7 Å². The lowest BCUT2D eigenvalue weighted by Crippen LogP contribution is -2.40. The Morgan fingerprint density at radius 1 is 1.26 bits per heavy atom.